The van der Waals surface area contributed by atoms with Crippen LogP contribution in [0.2, 0.25) is 0 Å². The summed E-state index contributed by atoms with van der Waals surface area (Å²) in [5, 5.41) is 10.2. The highest BCUT2D eigenvalue weighted by atomic mass is 32.2. The fourth-order valence-corrected chi connectivity index (χ4v) is 4.66. The maximum atomic E-state index is 12.0. The number of quaternary nitrogens is 1. The Kier molecular flexibility index (Phi) is 5.06. The number of thioether (sulfide) groups is 1. The third-order valence-electron chi connectivity index (χ3n) is 4.74. The molecule has 0 radical (unpaired) electrons. The van der Waals surface area contributed by atoms with Gasteiger partial charge >= 0.3 is 0 Å². The molecule has 0 aromatic carbocycles. The zero-order chi connectivity index (χ0) is 15.5. The molecule has 3 rings (SSSR count). The van der Waals surface area contributed by atoms with Gasteiger partial charge in [-0.25, -0.2) is 0 Å². The lowest BCUT2D eigenvalue weighted by atomic mass is 9.83. The minimum absolute atomic E-state index is 0.136. The van der Waals surface area contributed by atoms with Gasteiger partial charge in [-0.1, -0.05) is 12.1 Å². The van der Waals surface area contributed by atoms with Crippen molar-refractivity contribution in [3.05, 3.63) is 46.9 Å². The lowest BCUT2D eigenvalue weighted by Gasteiger charge is -2.40. The molecule has 2 aliphatic heterocycles. The second-order valence-corrected chi connectivity index (χ2v) is 7.62. The molecule has 120 valence electrons. The predicted octanol–water partition coefficient (Wildman–Crippen LogP) is 0.130. The first-order valence-corrected chi connectivity index (χ1v) is 9.23. The SMILES string of the molecule is C=CCSC[C@H](O)C[NH+]1C[C@@H]2C[C@H](C1)c1cccc(=O)n1C2. The van der Waals surface area contributed by atoms with E-state index < -0.39 is 0 Å². The molecule has 1 aromatic rings. The van der Waals surface area contributed by atoms with Crippen LogP contribution in [0, 0.1) is 5.92 Å². The largest absolute Gasteiger partial charge is 0.386 e. The predicted molar refractivity (Wildman–Crippen MR) is 90.6 cm³/mol. The fourth-order valence-electron chi connectivity index (χ4n) is 3.97. The molecule has 1 aromatic heterocycles. The Morgan fingerprint density at radius 1 is 1.50 bits per heavy atom. The number of aromatic nitrogens is 1. The molecule has 4 nitrogen and oxygen atoms in total. The van der Waals surface area contributed by atoms with E-state index in [1.807, 2.05) is 16.7 Å². The van der Waals surface area contributed by atoms with E-state index in [4.69, 9.17) is 0 Å². The molecular weight excluding hydrogens is 296 g/mol. The minimum atomic E-state index is -0.253. The van der Waals surface area contributed by atoms with Crippen molar-refractivity contribution in [3.8, 4) is 0 Å². The van der Waals surface area contributed by atoms with Crippen molar-refractivity contribution >= 4 is 11.8 Å². The van der Waals surface area contributed by atoms with E-state index in [0.29, 0.717) is 11.8 Å². The Bertz CT molecular complexity index is 586. The van der Waals surface area contributed by atoms with Crippen LogP contribution in [0.3, 0.4) is 0 Å². The summed E-state index contributed by atoms with van der Waals surface area (Å²) < 4.78 is 1.96. The number of piperidine rings is 1. The van der Waals surface area contributed by atoms with Gasteiger partial charge in [-0.15, -0.1) is 6.58 Å². The van der Waals surface area contributed by atoms with Crippen molar-refractivity contribution in [2.45, 2.75) is 25.0 Å². The van der Waals surface area contributed by atoms with E-state index in [-0.39, 0.29) is 11.7 Å². The van der Waals surface area contributed by atoms with Gasteiger partial charge in [0.2, 0.25) is 0 Å². The van der Waals surface area contributed by atoms with Crippen molar-refractivity contribution in [1.82, 2.24) is 4.57 Å². The number of pyridine rings is 1. The van der Waals surface area contributed by atoms with Crippen LogP contribution in [-0.2, 0) is 6.54 Å². The summed E-state index contributed by atoms with van der Waals surface area (Å²) in [6.07, 6.45) is 2.81. The number of nitrogens with zero attached hydrogens (tertiary/aromatic N) is 1. The van der Waals surface area contributed by atoms with Crippen molar-refractivity contribution in [2.24, 2.45) is 5.92 Å². The van der Waals surface area contributed by atoms with Crippen LogP contribution < -0.4 is 10.5 Å². The number of hydrogen-bond acceptors (Lipinski definition) is 3. The van der Waals surface area contributed by atoms with Gasteiger partial charge in [0.25, 0.3) is 5.56 Å². The van der Waals surface area contributed by atoms with Gasteiger partial charge in [0, 0.05) is 41.6 Å². The number of aliphatic hydroxyl groups is 1. The Morgan fingerprint density at radius 2 is 2.36 bits per heavy atom. The van der Waals surface area contributed by atoms with Crippen LogP contribution in [0.4, 0.5) is 0 Å². The molecule has 2 bridgehead atoms. The molecule has 2 N–H and O–H groups in total. The summed E-state index contributed by atoms with van der Waals surface area (Å²) in [7, 11) is 0. The number of likely N-dealkylation sites (tertiary alicyclic amines) is 1. The summed E-state index contributed by atoms with van der Waals surface area (Å²) in [6, 6.07) is 5.64. The maximum absolute atomic E-state index is 12.0. The van der Waals surface area contributed by atoms with E-state index in [1.165, 1.54) is 17.0 Å². The molecule has 5 heteroatoms. The number of rotatable bonds is 6. The highest BCUT2D eigenvalue weighted by molar-refractivity contribution is 7.99. The van der Waals surface area contributed by atoms with E-state index in [2.05, 4.69) is 12.6 Å². The first-order valence-electron chi connectivity index (χ1n) is 8.07. The lowest BCUT2D eigenvalue weighted by molar-refractivity contribution is -0.913. The number of fused-ring (bicyclic) bond motifs is 4. The highest BCUT2D eigenvalue weighted by Crippen LogP contribution is 2.29. The molecule has 0 spiro atoms. The van der Waals surface area contributed by atoms with Crippen LogP contribution in [0.25, 0.3) is 0 Å². The number of hydrogen-bond donors (Lipinski definition) is 2. The topological polar surface area (TPSA) is 46.7 Å². The molecular formula is C17H25N2O2S+. The first-order chi connectivity index (χ1) is 10.7. The molecule has 0 aliphatic carbocycles. The van der Waals surface area contributed by atoms with Gasteiger partial charge in [0.1, 0.15) is 12.6 Å². The van der Waals surface area contributed by atoms with Gasteiger partial charge in [0.05, 0.1) is 13.1 Å². The van der Waals surface area contributed by atoms with Gasteiger partial charge in [-0.2, -0.15) is 11.8 Å². The van der Waals surface area contributed by atoms with Crippen molar-refractivity contribution in [2.75, 3.05) is 31.1 Å². The molecule has 1 saturated heterocycles. The molecule has 0 saturated carbocycles. The van der Waals surface area contributed by atoms with Crippen molar-refractivity contribution in [1.29, 1.82) is 0 Å². The number of nitrogens with one attached hydrogen (secondary N) is 1. The first kappa shape index (κ1) is 15.8. The third-order valence-corrected chi connectivity index (χ3v) is 5.83. The monoisotopic (exact) mass is 321 g/mol. The molecule has 3 heterocycles. The van der Waals surface area contributed by atoms with Crippen LogP contribution in [0.15, 0.2) is 35.6 Å². The van der Waals surface area contributed by atoms with Gasteiger partial charge < -0.3 is 14.6 Å². The van der Waals surface area contributed by atoms with Gasteiger partial charge in [-0.05, 0) is 12.5 Å². The average Bonchev–Trinajstić information content (AvgIpc) is 2.48. The van der Waals surface area contributed by atoms with E-state index in [1.54, 1.807) is 17.8 Å². The molecule has 4 atom stereocenters. The van der Waals surface area contributed by atoms with Crippen molar-refractivity contribution < 1.29 is 10.0 Å². The normalized spacial score (nSPS) is 28.0. The zero-order valence-corrected chi connectivity index (χ0v) is 13.7. The summed E-state index contributed by atoms with van der Waals surface area (Å²) in [5.74, 6) is 2.70. The second kappa shape index (κ2) is 7.02. The van der Waals surface area contributed by atoms with Gasteiger partial charge in [-0.3, -0.25) is 4.79 Å². The summed E-state index contributed by atoms with van der Waals surface area (Å²) in [4.78, 5) is 13.5. The molecule has 0 amide bonds. The average molecular weight is 321 g/mol. The number of aliphatic hydroxyl groups excluding tert-OH is 1. The summed E-state index contributed by atoms with van der Waals surface area (Å²) in [6.45, 7) is 7.46. The lowest BCUT2D eigenvalue weighted by Crippen LogP contribution is -3.15. The summed E-state index contributed by atoms with van der Waals surface area (Å²) >= 11 is 1.73. The second-order valence-electron chi connectivity index (χ2n) is 6.54. The smallest absolute Gasteiger partial charge is 0.250 e. The van der Waals surface area contributed by atoms with Crippen LogP contribution in [0.1, 0.15) is 18.0 Å². The van der Waals surface area contributed by atoms with Crippen LogP contribution in [0.5, 0.6) is 0 Å². The van der Waals surface area contributed by atoms with Crippen molar-refractivity contribution in [3.63, 3.8) is 0 Å². The Hall–Kier alpha value is -1.04. The van der Waals surface area contributed by atoms with Crippen LogP contribution >= 0.6 is 11.8 Å². The molecule has 2 aliphatic rings. The third kappa shape index (κ3) is 3.47. The van der Waals surface area contributed by atoms with E-state index in [9.17, 15) is 9.90 Å². The quantitative estimate of drug-likeness (QED) is 0.578. The highest BCUT2D eigenvalue weighted by Gasteiger charge is 2.37. The fraction of sp³-hybridized carbons (Fsp3) is 0.588. The Morgan fingerprint density at radius 3 is 3.18 bits per heavy atom. The molecule has 22 heavy (non-hydrogen) atoms. The maximum Gasteiger partial charge on any atom is 0.250 e. The van der Waals surface area contributed by atoms with Gasteiger partial charge in [0.15, 0.2) is 0 Å². The Balaban J connectivity index is 1.63. The van der Waals surface area contributed by atoms with E-state index in [0.717, 1.165) is 37.7 Å². The molecule has 1 unspecified atom stereocenters. The zero-order valence-electron chi connectivity index (χ0n) is 12.9. The standard InChI is InChI=1S/C17H24N2O2S/c1-2-6-22-12-15(20)11-18-8-13-7-14(10-18)16-4-3-5-17(21)19(16)9-13/h2-5,13-15,20H,1,6-12H2/p+1/t13-,14+,15+/m0/s1. The minimum Gasteiger partial charge on any atom is -0.386 e. The molecule has 1 fully saturated rings. The summed E-state index contributed by atoms with van der Waals surface area (Å²) in [5.41, 5.74) is 1.33. The van der Waals surface area contributed by atoms with E-state index >= 15 is 0 Å². The van der Waals surface area contributed by atoms with Crippen LogP contribution in [-0.4, -0.2) is 46.9 Å². The Labute approximate surface area is 135 Å².